The molecule has 9 heteroatoms. The van der Waals surface area contributed by atoms with E-state index in [9.17, 15) is 19.2 Å². The van der Waals surface area contributed by atoms with Crippen LogP contribution in [0, 0.1) is 0 Å². The van der Waals surface area contributed by atoms with Crippen molar-refractivity contribution in [2.45, 2.75) is 12.0 Å². The van der Waals surface area contributed by atoms with Crippen LogP contribution in [0.15, 0.2) is 16.9 Å². The number of aromatic nitrogens is 2. The number of hydrogen-bond donors (Lipinski definition) is 3. The highest BCUT2D eigenvalue weighted by molar-refractivity contribution is 6.08. The Labute approximate surface area is 112 Å². The summed E-state index contributed by atoms with van der Waals surface area (Å²) >= 11 is 0. The average molecular weight is 277 g/mol. The lowest BCUT2D eigenvalue weighted by Crippen LogP contribution is -2.49. The minimum Gasteiger partial charge on any atom is -0.334 e. The molecule has 1 aromatic rings. The van der Waals surface area contributed by atoms with Gasteiger partial charge in [-0.05, 0) is 12.5 Å². The monoisotopic (exact) mass is 277 g/mol. The topological polar surface area (TPSA) is 124 Å². The Hall–Kier alpha value is -2.71. The van der Waals surface area contributed by atoms with E-state index in [-0.39, 0.29) is 12.2 Å². The van der Waals surface area contributed by atoms with E-state index in [2.05, 4.69) is 20.8 Å². The van der Waals surface area contributed by atoms with Gasteiger partial charge in [-0.2, -0.15) is 5.10 Å². The van der Waals surface area contributed by atoms with Crippen LogP contribution in [0.2, 0.25) is 0 Å². The SMILES string of the molecule is O=C1NC(=O)C2(CCN(C(=O)c3ccc(=O)[nH]n3)C2)N1. The standard InChI is InChI=1S/C11H11N5O4/c17-7-2-1-6(14-15-7)8(18)16-4-3-11(5-16)9(19)12-10(20)13-11/h1-2H,3-5H2,(H,15,17)(H2,12,13,19,20). The van der Waals surface area contributed by atoms with Gasteiger partial charge in [0.2, 0.25) is 0 Å². The lowest BCUT2D eigenvalue weighted by Gasteiger charge is -2.20. The third-order valence-corrected chi connectivity index (χ3v) is 3.47. The maximum atomic E-state index is 12.2. The smallest absolute Gasteiger partial charge is 0.322 e. The van der Waals surface area contributed by atoms with Gasteiger partial charge in [-0.25, -0.2) is 9.89 Å². The zero-order valence-corrected chi connectivity index (χ0v) is 10.3. The number of nitrogens with one attached hydrogen (secondary N) is 3. The van der Waals surface area contributed by atoms with Crippen molar-refractivity contribution in [3.63, 3.8) is 0 Å². The first kappa shape index (κ1) is 12.3. The predicted molar refractivity (Wildman–Crippen MR) is 64.8 cm³/mol. The molecule has 1 spiro atoms. The average Bonchev–Trinajstić information content (AvgIpc) is 2.95. The van der Waals surface area contributed by atoms with Crippen molar-refractivity contribution in [3.05, 3.63) is 28.2 Å². The minimum atomic E-state index is -1.05. The first-order valence-corrected chi connectivity index (χ1v) is 5.99. The maximum absolute atomic E-state index is 12.2. The van der Waals surface area contributed by atoms with Gasteiger partial charge >= 0.3 is 6.03 Å². The molecular weight excluding hydrogens is 266 g/mol. The van der Waals surface area contributed by atoms with Gasteiger partial charge in [-0.15, -0.1) is 0 Å². The summed E-state index contributed by atoms with van der Waals surface area (Å²) in [5, 5.41) is 10.6. The summed E-state index contributed by atoms with van der Waals surface area (Å²) in [5.74, 6) is -0.820. The molecule has 20 heavy (non-hydrogen) atoms. The van der Waals surface area contributed by atoms with Crippen LogP contribution >= 0.6 is 0 Å². The molecule has 0 saturated carbocycles. The Morgan fingerprint density at radius 1 is 1.30 bits per heavy atom. The molecule has 2 aliphatic rings. The quantitative estimate of drug-likeness (QED) is 0.522. The molecule has 2 saturated heterocycles. The first-order valence-electron chi connectivity index (χ1n) is 5.99. The van der Waals surface area contributed by atoms with Crippen LogP contribution in [-0.2, 0) is 4.79 Å². The Balaban J connectivity index is 1.79. The number of carbonyl (C=O) groups excluding carboxylic acids is 3. The lowest BCUT2D eigenvalue weighted by atomic mass is 10.00. The molecule has 0 bridgehead atoms. The molecule has 4 amide bonds. The number of urea groups is 1. The van der Waals surface area contributed by atoms with Crippen LogP contribution in [0.3, 0.4) is 0 Å². The molecule has 9 nitrogen and oxygen atoms in total. The molecular formula is C11H11N5O4. The zero-order valence-electron chi connectivity index (χ0n) is 10.3. The van der Waals surface area contributed by atoms with E-state index in [0.717, 1.165) is 0 Å². The Morgan fingerprint density at radius 3 is 2.70 bits per heavy atom. The van der Waals surface area contributed by atoms with E-state index >= 15 is 0 Å². The first-order chi connectivity index (χ1) is 9.50. The highest BCUT2D eigenvalue weighted by Crippen LogP contribution is 2.25. The summed E-state index contributed by atoms with van der Waals surface area (Å²) in [5.41, 5.74) is -1.36. The number of nitrogens with zero attached hydrogens (tertiary/aromatic N) is 2. The molecule has 1 unspecified atom stereocenters. The van der Waals surface area contributed by atoms with Gasteiger partial charge in [0.05, 0.1) is 6.54 Å². The third-order valence-electron chi connectivity index (χ3n) is 3.47. The van der Waals surface area contributed by atoms with Gasteiger partial charge in [0.1, 0.15) is 11.2 Å². The molecule has 0 radical (unpaired) electrons. The molecule has 3 N–H and O–H groups in total. The summed E-state index contributed by atoms with van der Waals surface area (Å²) in [4.78, 5) is 47.5. The van der Waals surface area contributed by atoms with Gasteiger partial charge in [0, 0.05) is 12.6 Å². The Morgan fingerprint density at radius 2 is 2.10 bits per heavy atom. The van der Waals surface area contributed by atoms with Crippen LogP contribution in [0.1, 0.15) is 16.9 Å². The molecule has 0 aromatic carbocycles. The summed E-state index contributed by atoms with van der Waals surface area (Å²) in [6.45, 7) is 0.414. The second-order valence-corrected chi connectivity index (χ2v) is 4.77. The molecule has 104 valence electrons. The fourth-order valence-corrected chi connectivity index (χ4v) is 2.42. The largest absolute Gasteiger partial charge is 0.334 e. The maximum Gasteiger partial charge on any atom is 0.322 e. The molecule has 2 fully saturated rings. The number of hydrogen-bond acceptors (Lipinski definition) is 5. The molecule has 3 heterocycles. The van der Waals surface area contributed by atoms with Crippen LogP contribution in [-0.4, -0.2) is 51.6 Å². The van der Waals surface area contributed by atoms with E-state index < -0.39 is 28.9 Å². The normalized spacial score (nSPS) is 24.9. The van der Waals surface area contributed by atoms with Crippen molar-refractivity contribution in [1.82, 2.24) is 25.7 Å². The second kappa shape index (κ2) is 4.15. The number of amides is 4. The van der Waals surface area contributed by atoms with Crippen LogP contribution in [0.25, 0.3) is 0 Å². The number of imide groups is 1. The van der Waals surface area contributed by atoms with Crippen LogP contribution < -0.4 is 16.2 Å². The Bertz CT molecular complexity index is 649. The summed E-state index contributed by atoms with van der Waals surface area (Å²) < 4.78 is 0. The van der Waals surface area contributed by atoms with Gasteiger partial charge in [0.15, 0.2) is 0 Å². The van der Waals surface area contributed by atoms with Gasteiger partial charge < -0.3 is 10.2 Å². The van der Waals surface area contributed by atoms with Crippen LogP contribution in [0.4, 0.5) is 4.79 Å². The fourth-order valence-electron chi connectivity index (χ4n) is 2.42. The molecule has 1 aromatic heterocycles. The number of H-pyrrole nitrogens is 1. The summed E-state index contributed by atoms with van der Waals surface area (Å²) in [6.07, 6.45) is 0.347. The molecule has 1 atom stereocenters. The predicted octanol–water partition coefficient (Wildman–Crippen LogP) is -1.81. The molecule has 3 rings (SSSR count). The summed E-state index contributed by atoms with van der Waals surface area (Å²) in [6, 6.07) is 1.97. The van der Waals surface area contributed by atoms with Crippen molar-refractivity contribution < 1.29 is 14.4 Å². The van der Waals surface area contributed by atoms with E-state index in [1.165, 1.54) is 17.0 Å². The highest BCUT2D eigenvalue weighted by Gasteiger charge is 2.51. The van der Waals surface area contributed by atoms with Gasteiger partial charge in [-0.3, -0.25) is 19.7 Å². The highest BCUT2D eigenvalue weighted by atomic mass is 16.2. The number of aromatic amines is 1. The van der Waals surface area contributed by atoms with Crippen LogP contribution in [0.5, 0.6) is 0 Å². The van der Waals surface area contributed by atoms with E-state index in [4.69, 9.17) is 0 Å². The Kier molecular flexibility index (Phi) is 2.56. The number of carbonyl (C=O) groups is 3. The third kappa shape index (κ3) is 1.83. The zero-order chi connectivity index (χ0) is 14.3. The molecule has 2 aliphatic heterocycles. The van der Waals surface area contributed by atoms with Crippen molar-refractivity contribution in [2.75, 3.05) is 13.1 Å². The van der Waals surface area contributed by atoms with E-state index in [1.54, 1.807) is 0 Å². The number of rotatable bonds is 1. The van der Waals surface area contributed by atoms with Crippen molar-refractivity contribution >= 4 is 17.8 Å². The van der Waals surface area contributed by atoms with Crippen molar-refractivity contribution in [2.24, 2.45) is 0 Å². The second-order valence-electron chi connectivity index (χ2n) is 4.77. The minimum absolute atomic E-state index is 0.0875. The number of likely N-dealkylation sites (tertiary alicyclic amines) is 1. The summed E-state index contributed by atoms with van der Waals surface area (Å²) in [7, 11) is 0. The van der Waals surface area contributed by atoms with Crippen molar-refractivity contribution in [1.29, 1.82) is 0 Å². The van der Waals surface area contributed by atoms with Gasteiger partial charge in [-0.1, -0.05) is 0 Å². The molecule has 0 aliphatic carbocycles. The lowest BCUT2D eigenvalue weighted by molar-refractivity contribution is -0.123. The van der Waals surface area contributed by atoms with E-state index in [0.29, 0.717) is 13.0 Å². The van der Waals surface area contributed by atoms with Gasteiger partial charge in [0.25, 0.3) is 17.4 Å². The van der Waals surface area contributed by atoms with E-state index in [1.807, 2.05) is 0 Å². The fraction of sp³-hybridized carbons (Fsp3) is 0.364. The van der Waals surface area contributed by atoms with Crippen molar-refractivity contribution in [3.8, 4) is 0 Å².